The summed E-state index contributed by atoms with van der Waals surface area (Å²) in [4.78, 5) is 26.9. The Morgan fingerprint density at radius 1 is 1.24 bits per heavy atom. The van der Waals surface area contributed by atoms with E-state index in [0.717, 1.165) is 5.56 Å². The van der Waals surface area contributed by atoms with Crippen molar-refractivity contribution in [3.05, 3.63) is 29.6 Å². The van der Waals surface area contributed by atoms with E-state index in [0.29, 0.717) is 26.2 Å². The highest BCUT2D eigenvalue weighted by atomic mass is 19.1. The molecule has 114 valence electrons. The number of piperazine rings is 1. The molecule has 0 spiro atoms. The van der Waals surface area contributed by atoms with E-state index < -0.39 is 5.82 Å². The van der Waals surface area contributed by atoms with Crippen molar-refractivity contribution in [2.75, 3.05) is 38.0 Å². The summed E-state index contributed by atoms with van der Waals surface area (Å²) in [5, 5.41) is 2.58. The molecule has 1 fully saturated rings. The number of nitrogens with zero attached hydrogens (tertiary/aromatic N) is 2. The van der Waals surface area contributed by atoms with E-state index in [-0.39, 0.29) is 24.0 Å². The maximum absolute atomic E-state index is 13.7. The van der Waals surface area contributed by atoms with Gasteiger partial charge in [-0.05, 0) is 24.6 Å². The molecule has 21 heavy (non-hydrogen) atoms. The standard InChI is InChI=1S/C15H20FN3O2/c1-11-3-4-14(13(16)9-11)17-15(21)10-18-5-7-19(8-6-18)12(2)20/h3-4,9H,5-8,10H2,1-2H3,(H,17,21). The number of carbonyl (C=O) groups is 2. The second-order valence-corrected chi connectivity index (χ2v) is 5.31. The Labute approximate surface area is 123 Å². The molecule has 1 saturated heterocycles. The third-order valence-corrected chi connectivity index (χ3v) is 3.58. The number of hydrogen-bond acceptors (Lipinski definition) is 3. The zero-order chi connectivity index (χ0) is 15.4. The van der Waals surface area contributed by atoms with Gasteiger partial charge in [0.15, 0.2) is 0 Å². The summed E-state index contributed by atoms with van der Waals surface area (Å²) in [5.74, 6) is -0.611. The van der Waals surface area contributed by atoms with Crippen LogP contribution in [0.15, 0.2) is 18.2 Å². The molecule has 2 rings (SSSR count). The highest BCUT2D eigenvalue weighted by Crippen LogP contribution is 2.15. The summed E-state index contributed by atoms with van der Waals surface area (Å²) in [5.41, 5.74) is 1.01. The summed E-state index contributed by atoms with van der Waals surface area (Å²) < 4.78 is 13.7. The largest absolute Gasteiger partial charge is 0.340 e. The van der Waals surface area contributed by atoms with E-state index in [9.17, 15) is 14.0 Å². The quantitative estimate of drug-likeness (QED) is 0.912. The molecule has 5 nitrogen and oxygen atoms in total. The molecule has 6 heteroatoms. The molecule has 1 aromatic rings. The third kappa shape index (κ3) is 4.26. The van der Waals surface area contributed by atoms with Crippen molar-refractivity contribution in [3.63, 3.8) is 0 Å². The monoisotopic (exact) mass is 293 g/mol. The molecule has 1 aromatic carbocycles. The summed E-state index contributed by atoms with van der Waals surface area (Å²) in [6, 6.07) is 4.71. The predicted octanol–water partition coefficient (Wildman–Crippen LogP) is 1.24. The first-order valence-electron chi connectivity index (χ1n) is 6.99. The van der Waals surface area contributed by atoms with Crippen LogP contribution in [0.5, 0.6) is 0 Å². The normalized spacial score (nSPS) is 15.9. The molecule has 1 N–H and O–H groups in total. The molecule has 1 aliphatic rings. The number of hydrogen-bond donors (Lipinski definition) is 1. The number of anilines is 1. The van der Waals surface area contributed by atoms with Gasteiger partial charge in [0.05, 0.1) is 12.2 Å². The number of benzene rings is 1. The molecule has 0 aromatic heterocycles. The van der Waals surface area contributed by atoms with Gasteiger partial charge < -0.3 is 10.2 Å². The third-order valence-electron chi connectivity index (χ3n) is 3.58. The van der Waals surface area contributed by atoms with Gasteiger partial charge in [0, 0.05) is 33.1 Å². The lowest BCUT2D eigenvalue weighted by atomic mass is 10.2. The highest BCUT2D eigenvalue weighted by molar-refractivity contribution is 5.92. The van der Waals surface area contributed by atoms with Crippen LogP contribution < -0.4 is 5.32 Å². The van der Waals surface area contributed by atoms with Crippen LogP contribution in [-0.2, 0) is 9.59 Å². The van der Waals surface area contributed by atoms with Crippen LogP contribution in [0.3, 0.4) is 0 Å². The Morgan fingerprint density at radius 2 is 1.90 bits per heavy atom. The summed E-state index contributed by atoms with van der Waals surface area (Å²) in [6.07, 6.45) is 0. The second kappa shape index (κ2) is 6.67. The van der Waals surface area contributed by atoms with Crippen molar-refractivity contribution in [3.8, 4) is 0 Å². The SMILES string of the molecule is CC(=O)N1CCN(CC(=O)Nc2ccc(C)cc2F)CC1. The minimum absolute atomic E-state index is 0.0563. The van der Waals surface area contributed by atoms with Crippen molar-refractivity contribution in [1.29, 1.82) is 0 Å². The Kier molecular flexibility index (Phi) is 4.90. The topological polar surface area (TPSA) is 52.7 Å². The molecule has 0 aliphatic carbocycles. The Bertz CT molecular complexity index is 540. The highest BCUT2D eigenvalue weighted by Gasteiger charge is 2.20. The predicted molar refractivity (Wildman–Crippen MR) is 78.5 cm³/mol. The van der Waals surface area contributed by atoms with Crippen molar-refractivity contribution in [2.24, 2.45) is 0 Å². The smallest absolute Gasteiger partial charge is 0.238 e. The van der Waals surface area contributed by atoms with Gasteiger partial charge in [-0.1, -0.05) is 6.07 Å². The van der Waals surface area contributed by atoms with Crippen LogP contribution in [-0.4, -0.2) is 54.3 Å². The minimum atomic E-state index is -0.426. The van der Waals surface area contributed by atoms with E-state index in [4.69, 9.17) is 0 Å². The molecular formula is C15H20FN3O2. The van der Waals surface area contributed by atoms with Crippen molar-refractivity contribution < 1.29 is 14.0 Å². The number of halogens is 1. The van der Waals surface area contributed by atoms with Gasteiger partial charge in [-0.15, -0.1) is 0 Å². The van der Waals surface area contributed by atoms with Crippen molar-refractivity contribution in [1.82, 2.24) is 9.80 Å². The first kappa shape index (κ1) is 15.4. The first-order chi connectivity index (χ1) is 9.95. The summed E-state index contributed by atoms with van der Waals surface area (Å²) in [7, 11) is 0. The number of nitrogens with one attached hydrogen (secondary N) is 1. The molecule has 2 amide bonds. The van der Waals surface area contributed by atoms with Crippen LogP contribution in [0, 0.1) is 12.7 Å². The van der Waals surface area contributed by atoms with E-state index in [1.54, 1.807) is 30.9 Å². The fourth-order valence-electron chi connectivity index (χ4n) is 2.34. The molecule has 0 saturated carbocycles. The zero-order valence-electron chi connectivity index (χ0n) is 12.4. The van der Waals surface area contributed by atoms with Gasteiger partial charge >= 0.3 is 0 Å². The zero-order valence-corrected chi connectivity index (χ0v) is 12.4. The van der Waals surface area contributed by atoms with Gasteiger partial charge in [0.25, 0.3) is 0 Å². The van der Waals surface area contributed by atoms with Crippen molar-refractivity contribution in [2.45, 2.75) is 13.8 Å². The van der Waals surface area contributed by atoms with E-state index in [1.807, 2.05) is 4.90 Å². The molecule has 0 bridgehead atoms. The maximum Gasteiger partial charge on any atom is 0.238 e. The number of amides is 2. The van der Waals surface area contributed by atoms with E-state index in [2.05, 4.69) is 5.32 Å². The van der Waals surface area contributed by atoms with Gasteiger partial charge in [-0.25, -0.2) is 4.39 Å². The molecular weight excluding hydrogens is 273 g/mol. The lowest BCUT2D eigenvalue weighted by Gasteiger charge is -2.33. The molecule has 0 radical (unpaired) electrons. The lowest BCUT2D eigenvalue weighted by Crippen LogP contribution is -2.49. The first-order valence-corrected chi connectivity index (χ1v) is 6.99. The lowest BCUT2D eigenvalue weighted by molar-refractivity contribution is -0.130. The van der Waals surface area contributed by atoms with Crippen molar-refractivity contribution >= 4 is 17.5 Å². The fourth-order valence-corrected chi connectivity index (χ4v) is 2.34. The van der Waals surface area contributed by atoms with Crippen LogP contribution in [0.25, 0.3) is 0 Å². The van der Waals surface area contributed by atoms with E-state index in [1.165, 1.54) is 6.07 Å². The van der Waals surface area contributed by atoms with Gasteiger partial charge in [0.2, 0.25) is 11.8 Å². The van der Waals surface area contributed by atoms with Gasteiger partial charge in [0.1, 0.15) is 5.82 Å². The van der Waals surface area contributed by atoms with Crippen LogP contribution in [0.1, 0.15) is 12.5 Å². The van der Waals surface area contributed by atoms with E-state index >= 15 is 0 Å². The average Bonchev–Trinajstić information content (AvgIpc) is 2.42. The Hall–Kier alpha value is -1.95. The van der Waals surface area contributed by atoms with Crippen LogP contribution in [0.4, 0.5) is 10.1 Å². The van der Waals surface area contributed by atoms with Crippen LogP contribution >= 0.6 is 0 Å². The van der Waals surface area contributed by atoms with Gasteiger partial charge in [-0.2, -0.15) is 0 Å². The Morgan fingerprint density at radius 3 is 2.48 bits per heavy atom. The molecule has 0 atom stereocenters. The van der Waals surface area contributed by atoms with Crippen LogP contribution in [0.2, 0.25) is 0 Å². The molecule has 1 heterocycles. The molecule has 0 unspecified atom stereocenters. The number of carbonyl (C=O) groups excluding carboxylic acids is 2. The average molecular weight is 293 g/mol. The maximum atomic E-state index is 13.7. The number of rotatable bonds is 3. The molecule has 1 aliphatic heterocycles. The Balaban J connectivity index is 1.84. The second-order valence-electron chi connectivity index (χ2n) is 5.31. The fraction of sp³-hybridized carbons (Fsp3) is 0.467. The minimum Gasteiger partial charge on any atom is -0.340 e. The summed E-state index contributed by atoms with van der Waals surface area (Å²) >= 11 is 0. The van der Waals surface area contributed by atoms with Gasteiger partial charge in [-0.3, -0.25) is 14.5 Å². The number of aryl methyl sites for hydroxylation is 1. The summed E-state index contributed by atoms with van der Waals surface area (Å²) in [6.45, 7) is 6.11.